The zero-order chi connectivity index (χ0) is 22.1. The number of furan rings is 1. The van der Waals surface area contributed by atoms with Gasteiger partial charge in [-0.05, 0) is 31.0 Å². The number of ketones is 1. The summed E-state index contributed by atoms with van der Waals surface area (Å²) in [5.74, 6) is -1.06. The van der Waals surface area contributed by atoms with Crippen LogP contribution in [0.2, 0.25) is 5.02 Å². The molecule has 9 heteroatoms. The number of methoxy groups -OCH3 is 2. The van der Waals surface area contributed by atoms with Gasteiger partial charge in [0.1, 0.15) is 29.1 Å². The van der Waals surface area contributed by atoms with Crippen molar-refractivity contribution in [1.82, 2.24) is 4.90 Å². The van der Waals surface area contributed by atoms with Crippen molar-refractivity contribution < 1.29 is 33.3 Å². The summed E-state index contributed by atoms with van der Waals surface area (Å²) >= 11 is 6.16. The van der Waals surface area contributed by atoms with Crippen LogP contribution in [0.3, 0.4) is 0 Å². The number of carbonyl (C=O) groups excluding carboxylic acids is 2. The smallest absolute Gasteiger partial charge is 0.295 e. The third-order valence-electron chi connectivity index (χ3n) is 5.51. The number of aliphatic hydroxyl groups is 1. The van der Waals surface area contributed by atoms with Gasteiger partial charge in [-0.1, -0.05) is 11.6 Å². The Bertz CT molecular complexity index is 1020. The van der Waals surface area contributed by atoms with Crippen molar-refractivity contribution >= 4 is 29.1 Å². The molecule has 1 N–H and O–H groups in total. The van der Waals surface area contributed by atoms with Gasteiger partial charge in [0.25, 0.3) is 11.7 Å². The quantitative estimate of drug-likeness (QED) is 0.410. The van der Waals surface area contributed by atoms with Crippen LogP contribution < -0.4 is 9.47 Å². The van der Waals surface area contributed by atoms with Crippen molar-refractivity contribution in [2.24, 2.45) is 0 Å². The molecule has 31 heavy (non-hydrogen) atoms. The lowest BCUT2D eigenvalue weighted by molar-refractivity contribution is -0.141. The normalized spacial score (nSPS) is 22.9. The van der Waals surface area contributed by atoms with E-state index in [2.05, 4.69) is 0 Å². The maximum atomic E-state index is 13.0. The van der Waals surface area contributed by atoms with Crippen molar-refractivity contribution in [3.63, 3.8) is 0 Å². The molecule has 1 amide bonds. The average molecular weight is 448 g/mol. The van der Waals surface area contributed by atoms with Gasteiger partial charge < -0.3 is 28.6 Å². The Hall–Kier alpha value is -2.97. The molecule has 2 aromatic rings. The van der Waals surface area contributed by atoms with Gasteiger partial charge in [0.2, 0.25) is 0 Å². The van der Waals surface area contributed by atoms with Gasteiger partial charge >= 0.3 is 0 Å². The number of ether oxygens (including phenoxy) is 3. The zero-order valence-electron chi connectivity index (χ0n) is 17.1. The van der Waals surface area contributed by atoms with Crippen LogP contribution in [0.5, 0.6) is 11.5 Å². The van der Waals surface area contributed by atoms with Crippen molar-refractivity contribution in [2.75, 3.05) is 27.4 Å². The lowest BCUT2D eigenvalue weighted by Gasteiger charge is -2.25. The second kappa shape index (κ2) is 8.64. The molecule has 2 saturated heterocycles. The molecule has 2 aliphatic heterocycles. The van der Waals surface area contributed by atoms with E-state index in [9.17, 15) is 14.7 Å². The van der Waals surface area contributed by atoms with Crippen molar-refractivity contribution in [2.45, 2.75) is 25.0 Å². The van der Waals surface area contributed by atoms with Crippen LogP contribution in [0.25, 0.3) is 5.76 Å². The summed E-state index contributed by atoms with van der Waals surface area (Å²) in [5.41, 5.74) is 0.0797. The molecule has 8 nitrogen and oxygen atoms in total. The molecule has 2 fully saturated rings. The molecule has 4 rings (SSSR count). The number of hydrogen-bond donors (Lipinski definition) is 1. The molecule has 1 aromatic heterocycles. The summed E-state index contributed by atoms with van der Waals surface area (Å²) in [6.45, 7) is 0.829. The fourth-order valence-corrected chi connectivity index (χ4v) is 4.24. The highest BCUT2D eigenvalue weighted by Gasteiger charge is 2.48. The number of aliphatic hydroxyl groups excluding tert-OH is 1. The van der Waals surface area contributed by atoms with Crippen molar-refractivity contribution in [3.05, 3.63) is 52.4 Å². The molecule has 164 valence electrons. The maximum absolute atomic E-state index is 13.0. The molecule has 0 aliphatic carbocycles. The molecule has 0 bridgehead atoms. The highest BCUT2D eigenvalue weighted by Crippen LogP contribution is 2.43. The number of carbonyl (C=O) groups is 2. The maximum Gasteiger partial charge on any atom is 0.295 e. The number of rotatable bonds is 6. The van der Waals surface area contributed by atoms with E-state index in [4.69, 9.17) is 30.2 Å². The average Bonchev–Trinajstić information content (AvgIpc) is 3.52. The van der Waals surface area contributed by atoms with Crippen LogP contribution in [0, 0.1) is 0 Å². The number of halogens is 1. The first-order valence-corrected chi connectivity index (χ1v) is 10.2. The number of Topliss-reactive ketones (excluding diaryl/α,β-unsaturated/α-hetero) is 1. The van der Waals surface area contributed by atoms with E-state index in [1.165, 1.54) is 37.5 Å². The number of nitrogens with zero attached hydrogens (tertiary/aromatic N) is 1. The zero-order valence-corrected chi connectivity index (χ0v) is 17.8. The minimum Gasteiger partial charge on any atom is -0.507 e. The Morgan fingerprint density at radius 1 is 1.26 bits per heavy atom. The molecule has 2 atom stereocenters. The second-order valence-electron chi connectivity index (χ2n) is 7.29. The van der Waals surface area contributed by atoms with E-state index in [1.807, 2.05) is 0 Å². The number of amides is 1. The number of hydrogen-bond acceptors (Lipinski definition) is 7. The van der Waals surface area contributed by atoms with Gasteiger partial charge in [-0.15, -0.1) is 0 Å². The monoisotopic (exact) mass is 447 g/mol. The summed E-state index contributed by atoms with van der Waals surface area (Å²) in [6, 6.07) is 5.35. The standard InChI is InChI=1S/C22H22ClNO7/c1-28-16-10-14(23)17(29-2)9-13(16)20(25)18-19(15-6-4-8-31-15)24(22(27)21(18)26)11-12-5-3-7-30-12/h4,6,8-10,12,19,25H,3,5,7,11H2,1-2H3/b20-18+. The van der Waals surface area contributed by atoms with Crippen molar-refractivity contribution in [1.29, 1.82) is 0 Å². The fraction of sp³-hybridized carbons (Fsp3) is 0.364. The number of benzene rings is 1. The van der Waals surface area contributed by atoms with Crippen LogP contribution in [-0.4, -0.2) is 55.2 Å². The second-order valence-corrected chi connectivity index (χ2v) is 7.70. The summed E-state index contributed by atoms with van der Waals surface area (Å²) in [5, 5.41) is 11.5. The highest BCUT2D eigenvalue weighted by molar-refractivity contribution is 6.46. The molecule has 0 spiro atoms. The topological polar surface area (TPSA) is 98.4 Å². The molecule has 1 aromatic carbocycles. The lowest BCUT2D eigenvalue weighted by atomic mass is 9.98. The molecular weight excluding hydrogens is 426 g/mol. The van der Waals surface area contributed by atoms with Crippen LogP contribution in [0.1, 0.15) is 30.2 Å². The molecule has 0 saturated carbocycles. The third kappa shape index (κ3) is 3.77. The molecule has 2 unspecified atom stereocenters. The first-order valence-electron chi connectivity index (χ1n) is 9.81. The molecule has 2 aliphatic rings. The molecular formula is C22H22ClNO7. The van der Waals surface area contributed by atoms with E-state index in [-0.39, 0.29) is 40.3 Å². The predicted molar refractivity (Wildman–Crippen MR) is 111 cm³/mol. The third-order valence-corrected chi connectivity index (χ3v) is 5.80. The fourth-order valence-electron chi connectivity index (χ4n) is 4.01. The van der Waals surface area contributed by atoms with Gasteiger partial charge in [0, 0.05) is 19.2 Å². The number of likely N-dealkylation sites (tertiary alicyclic amines) is 1. The SMILES string of the molecule is COc1cc(/C(O)=C2\C(=O)C(=O)N(CC3CCCO3)C2c2ccco2)c(OC)cc1Cl. The van der Waals surface area contributed by atoms with Crippen LogP contribution in [0.15, 0.2) is 40.5 Å². The first-order chi connectivity index (χ1) is 15.0. The minimum absolute atomic E-state index is 0.0966. The largest absolute Gasteiger partial charge is 0.507 e. The Morgan fingerprint density at radius 2 is 2.03 bits per heavy atom. The molecule has 3 heterocycles. The van der Waals surface area contributed by atoms with Gasteiger partial charge in [-0.3, -0.25) is 9.59 Å². The summed E-state index contributed by atoms with van der Waals surface area (Å²) < 4.78 is 21.8. The Kier molecular flexibility index (Phi) is 5.93. The van der Waals surface area contributed by atoms with Gasteiger partial charge in [-0.2, -0.15) is 0 Å². The summed E-state index contributed by atoms with van der Waals surface area (Å²) in [6.07, 6.45) is 2.95. The van der Waals surface area contributed by atoms with Crippen molar-refractivity contribution in [3.8, 4) is 11.5 Å². The minimum atomic E-state index is -0.898. The van der Waals surface area contributed by atoms with E-state index >= 15 is 0 Å². The van der Waals surface area contributed by atoms with Crippen LogP contribution >= 0.6 is 11.6 Å². The lowest BCUT2D eigenvalue weighted by Crippen LogP contribution is -2.36. The Morgan fingerprint density at radius 3 is 2.65 bits per heavy atom. The molecule has 0 radical (unpaired) electrons. The van der Waals surface area contributed by atoms with Crippen LogP contribution in [0.4, 0.5) is 0 Å². The predicted octanol–water partition coefficient (Wildman–Crippen LogP) is 3.55. The Labute approximate surface area is 183 Å². The highest BCUT2D eigenvalue weighted by atomic mass is 35.5. The summed E-state index contributed by atoms with van der Waals surface area (Å²) in [4.78, 5) is 27.4. The summed E-state index contributed by atoms with van der Waals surface area (Å²) in [7, 11) is 2.84. The van der Waals surface area contributed by atoms with E-state index in [1.54, 1.807) is 12.1 Å². The van der Waals surface area contributed by atoms with Gasteiger partial charge in [0.15, 0.2) is 0 Å². The van der Waals surface area contributed by atoms with E-state index in [0.717, 1.165) is 12.8 Å². The van der Waals surface area contributed by atoms with Crippen LogP contribution in [-0.2, 0) is 14.3 Å². The van der Waals surface area contributed by atoms with E-state index in [0.29, 0.717) is 12.4 Å². The van der Waals surface area contributed by atoms with E-state index < -0.39 is 23.5 Å². The Balaban J connectivity index is 1.86. The van der Waals surface area contributed by atoms with Gasteiger partial charge in [0.05, 0.1) is 42.7 Å². The van der Waals surface area contributed by atoms with Gasteiger partial charge in [-0.25, -0.2) is 0 Å². The first kappa shape index (κ1) is 21.3.